The molecule has 0 bridgehead atoms. The summed E-state index contributed by atoms with van der Waals surface area (Å²) in [6.07, 6.45) is 3.89. The summed E-state index contributed by atoms with van der Waals surface area (Å²) in [4.78, 5) is 14.6. The zero-order valence-corrected chi connectivity index (χ0v) is 10.3. The van der Waals surface area contributed by atoms with E-state index in [1.165, 1.54) is 0 Å². The van der Waals surface area contributed by atoms with Crippen LogP contribution in [0.3, 0.4) is 0 Å². The van der Waals surface area contributed by atoms with Crippen molar-refractivity contribution in [2.24, 2.45) is 0 Å². The maximum Gasteiger partial charge on any atom is 0.254 e. The largest absolute Gasteiger partial charge is 0.317 e. The molecule has 4 nitrogen and oxygen atoms in total. The number of nitrogens with one attached hydrogen (secondary N) is 1. The lowest BCUT2D eigenvalue weighted by molar-refractivity contribution is -0.131. The fraction of sp³-hybridized carbons (Fsp3) is 0.909. The van der Waals surface area contributed by atoms with Gasteiger partial charge in [-0.3, -0.25) is 14.0 Å². The molecule has 2 rings (SSSR count). The molecule has 94 valence electrons. The van der Waals surface area contributed by atoms with Gasteiger partial charge in [-0.25, -0.2) is 0 Å². The lowest BCUT2D eigenvalue weighted by Gasteiger charge is -2.38. The number of likely N-dealkylation sites (N-methyl/N-ethyl adjacent to an activating group) is 1. The number of hydrogen-bond donors (Lipinski definition) is 1. The number of carbonyl (C=O) groups excluding carboxylic acids is 1. The van der Waals surface area contributed by atoms with E-state index in [-0.39, 0.29) is 13.0 Å². The first-order chi connectivity index (χ1) is 7.24. The topological polar surface area (TPSA) is 35.6 Å². The Kier molecular flexibility index (Phi) is 4.64. The summed E-state index contributed by atoms with van der Waals surface area (Å²) in [5.41, 5.74) is -0.191. The molecule has 1 amide bonds. The monoisotopic (exact) mass is 245 g/mol. The van der Waals surface area contributed by atoms with Crippen molar-refractivity contribution in [1.82, 2.24) is 14.5 Å². The van der Waals surface area contributed by atoms with Crippen molar-refractivity contribution in [3.05, 3.63) is 0 Å². The molecule has 0 saturated carbocycles. The van der Waals surface area contributed by atoms with Gasteiger partial charge < -0.3 is 5.32 Å². The van der Waals surface area contributed by atoms with Crippen molar-refractivity contribution in [3.63, 3.8) is 0 Å². The Hall–Kier alpha value is -0.260. The van der Waals surface area contributed by atoms with E-state index in [4.69, 9.17) is 0 Å². The van der Waals surface area contributed by atoms with Crippen LogP contribution in [-0.4, -0.2) is 53.2 Å². The van der Waals surface area contributed by atoms with Gasteiger partial charge in [0.25, 0.3) is 5.91 Å². The molecule has 2 heterocycles. The maximum absolute atomic E-state index is 12.3. The van der Waals surface area contributed by atoms with Crippen LogP contribution in [0.25, 0.3) is 0 Å². The highest BCUT2D eigenvalue weighted by molar-refractivity contribution is 7.96. The fourth-order valence-corrected chi connectivity index (χ4v) is 3.23. The molecule has 2 aliphatic heterocycles. The minimum Gasteiger partial charge on any atom is -0.317 e. The Morgan fingerprint density at radius 1 is 1.44 bits per heavy atom. The quantitative estimate of drug-likeness (QED) is 0.740. The maximum atomic E-state index is 12.3. The Bertz CT molecular complexity index is 254. The van der Waals surface area contributed by atoms with E-state index >= 15 is 0 Å². The standard InChI is InChI=1S/C10H19N3OS.CH4/c1-3-12-8-13(15-2)9(14)10(12)4-6-11-7-5-10;/h11H,3-8H2,1-2H3;1H4. The van der Waals surface area contributed by atoms with Crippen LogP contribution >= 0.6 is 11.9 Å². The average molecular weight is 245 g/mol. The lowest BCUT2D eigenvalue weighted by atomic mass is 9.87. The molecule has 0 atom stereocenters. The van der Waals surface area contributed by atoms with Gasteiger partial charge in [-0.15, -0.1) is 0 Å². The summed E-state index contributed by atoms with van der Waals surface area (Å²) in [7, 11) is 0. The van der Waals surface area contributed by atoms with E-state index in [1.807, 2.05) is 10.6 Å². The summed E-state index contributed by atoms with van der Waals surface area (Å²) in [6.45, 7) is 5.81. The molecule has 2 aliphatic rings. The number of rotatable bonds is 2. The van der Waals surface area contributed by atoms with Crippen LogP contribution in [0.2, 0.25) is 0 Å². The second-order valence-corrected chi connectivity index (χ2v) is 4.95. The van der Waals surface area contributed by atoms with Gasteiger partial charge in [0.15, 0.2) is 0 Å². The molecule has 0 aromatic heterocycles. The minimum absolute atomic E-state index is 0. The number of piperidine rings is 1. The smallest absolute Gasteiger partial charge is 0.254 e. The van der Waals surface area contributed by atoms with Gasteiger partial charge in [0.1, 0.15) is 5.54 Å². The van der Waals surface area contributed by atoms with Crippen molar-refractivity contribution < 1.29 is 4.79 Å². The van der Waals surface area contributed by atoms with Crippen LogP contribution in [0.5, 0.6) is 0 Å². The fourth-order valence-electron chi connectivity index (χ4n) is 2.64. The summed E-state index contributed by atoms with van der Waals surface area (Å²) < 4.78 is 1.90. The summed E-state index contributed by atoms with van der Waals surface area (Å²) >= 11 is 1.55. The van der Waals surface area contributed by atoms with Crippen LogP contribution in [0.15, 0.2) is 0 Å². The molecule has 5 heteroatoms. The van der Waals surface area contributed by atoms with Gasteiger partial charge in [0.05, 0.1) is 6.67 Å². The lowest BCUT2D eigenvalue weighted by Crippen LogP contribution is -2.55. The molecule has 16 heavy (non-hydrogen) atoms. The van der Waals surface area contributed by atoms with Crippen molar-refractivity contribution in [2.75, 3.05) is 32.6 Å². The average Bonchev–Trinajstić information content (AvgIpc) is 2.54. The molecule has 0 aromatic rings. The zero-order valence-electron chi connectivity index (χ0n) is 9.45. The molecule has 0 aromatic carbocycles. The first kappa shape index (κ1) is 13.8. The van der Waals surface area contributed by atoms with Crippen LogP contribution < -0.4 is 5.32 Å². The Morgan fingerprint density at radius 3 is 2.56 bits per heavy atom. The third kappa shape index (κ3) is 1.96. The predicted molar refractivity (Wildman–Crippen MR) is 69.2 cm³/mol. The van der Waals surface area contributed by atoms with Crippen LogP contribution in [0, 0.1) is 0 Å². The van der Waals surface area contributed by atoms with E-state index in [0.29, 0.717) is 5.91 Å². The van der Waals surface area contributed by atoms with Gasteiger partial charge in [-0.1, -0.05) is 14.4 Å². The Balaban J connectivity index is 0.00000128. The first-order valence-electron chi connectivity index (χ1n) is 5.56. The SMILES string of the molecule is C.CCN1CN(SC)C(=O)C12CCNCC2. The van der Waals surface area contributed by atoms with Crippen LogP contribution in [-0.2, 0) is 4.79 Å². The van der Waals surface area contributed by atoms with Gasteiger partial charge >= 0.3 is 0 Å². The third-order valence-corrected chi connectivity index (χ3v) is 4.28. The Morgan fingerprint density at radius 2 is 2.06 bits per heavy atom. The van der Waals surface area contributed by atoms with Crippen LogP contribution in [0.4, 0.5) is 0 Å². The number of nitrogens with zero attached hydrogens (tertiary/aromatic N) is 2. The van der Waals surface area contributed by atoms with Crippen molar-refractivity contribution in [3.8, 4) is 0 Å². The highest BCUT2D eigenvalue weighted by Crippen LogP contribution is 2.36. The van der Waals surface area contributed by atoms with E-state index < -0.39 is 0 Å². The second kappa shape index (κ2) is 5.38. The summed E-state index contributed by atoms with van der Waals surface area (Å²) in [6, 6.07) is 0. The van der Waals surface area contributed by atoms with Gasteiger partial charge in [-0.05, 0) is 44.4 Å². The molecule has 2 fully saturated rings. The van der Waals surface area contributed by atoms with Gasteiger partial charge in [0.2, 0.25) is 0 Å². The van der Waals surface area contributed by atoms with E-state index in [1.54, 1.807) is 11.9 Å². The van der Waals surface area contributed by atoms with E-state index in [2.05, 4.69) is 17.1 Å². The van der Waals surface area contributed by atoms with Gasteiger partial charge in [0, 0.05) is 6.26 Å². The number of carbonyl (C=O) groups is 1. The second-order valence-electron chi connectivity index (χ2n) is 4.15. The molecular weight excluding hydrogens is 222 g/mol. The minimum atomic E-state index is -0.191. The highest BCUT2D eigenvalue weighted by atomic mass is 32.2. The molecule has 1 N–H and O–H groups in total. The third-order valence-electron chi connectivity index (χ3n) is 3.56. The highest BCUT2D eigenvalue weighted by Gasteiger charge is 2.51. The molecule has 0 radical (unpaired) electrons. The summed E-state index contributed by atoms with van der Waals surface area (Å²) in [5, 5.41) is 3.33. The van der Waals surface area contributed by atoms with Crippen LogP contribution in [0.1, 0.15) is 27.2 Å². The zero-order chi connectivity index (χ0) is 10.9. The molecular formula is C11H23N3OS. The van der Waals surface area contributed by atoms with Gasteiger partial charge in [-0.2, -0.15) is 0 Å². The first-order valence-corrected chi connectivity index (χ1v) is 6.74. The molecule has 1 spiro atoms. The molecule has 0 unspecified atom stereocenters. The Labute approximate surface area is 103 Å². The van der Waals surface area contributed by atoms with E-state index in [0.717, 1.165) is 39.1 Å². The summed E-state index contributed by atoms with van der Waals surface area (Å²) in [5.74, 6) is 0.318. The predicted octanol–water partition coefficient (Wildman–Crippen LogP) is 1.14. The van der Waals surface area contributed by atoms with E-state index in [9.17, 15) is 4.79 Å². The number of amides is 1. The number of hydrogen-bond acceptors (Lipinski definition) is 4. The van der Waals surface area contributed by atoms with Crippen molar-refractivity contribution >= 4 is 17.9 Å². The van der Waals surface area contributed by atoms with Crippen molar-refractivity contribution in [2.45, 2.75) is 32.7 Å². The normalized spacial score (nSPS) is 24.9. The molecule has 0 aliphatic carbocycles. The van der Waals surface area contributed by atoms with Crippen molar-refractivity contribution in [1.29, 1.82) is 0 Å². The molecule has 2 saturated heterocycles.